The summed E-state index contributed by atoms with van der Waals surface area (Å²) in [6, 6.07) is 29.3. The molecule has 10 nitrogen and oxygen atoms in total. The van der Waals surface area contributed by atoms with Crippen molar-refractivity contribution in [3.05, 3.63) is 142 Å². The molecule has 0 saturated heterocycles. The van der Waals surface area contributed by atoms with Gasteiger partial charge in [0.05, 0.1) is 24.2 Å². The van der Waals surface area contributed by atoms with Gasteiger partial charge in [0.15, 0.2) is 0 Å². The molecular weight excluding hydrogens is 685 g/mol. The molecule has 12 heteroatoms. The van der Waals surface area contributed by atoms with E-state index in [9.17, 15) is 19.2 Å². The second-order valence-corrected chi connectivity index (χ2v) is 14.3. The summed E-state index contributed by atoms with van der Waals surface area (Å²) in [4.78, 5) is 56.8. The number of nitrogens with zero attached hydrogens (tertiary/aromatic N) is 1. The molecule has 1 aliphatic heterocycles. The van der Waals surface area contributed by atoms with Crippen LogP contribution in [0.2, 0.25) is 0 Å². The Morgan fingerprint density at radius 2 is 1.73 bits per heavy atom. The molecule has 2 aromatic heterocycles. The molecule has 0 saturated carbocycles. The number of esters is 1. The van der Waals surface area contributed by atoms with Gasteiger partial charge in [-0.15, -0.1) is 23.1 Å². The van der Waals surface area contributed by atoms with Crippen LogP contribution in [0.4, 0.5) is 10.7 Å². The quantitative estimate of drug-likeness (QED) is 0.0701. The average molecular weight is 721 g/mol. The van der Waals surface area contributed by atoms with Crippen molar-refractivity contribution in [2.24, 2.45) is 0 Å². The van der Waals surface area contributed by atoms with Gasteiger partial charge in [0.25, 0.3) is 11.8 Å². The summed E-state index contributed by atoms with van der Waals surface area (Å²) in [6.07, 6.45) is 3.60. The van der Waals surface area contributed by atoms with Crippen LogP contribution in [0.15, 0.2) is 118 Å². The van der Waals surface area contributed by atoms with E-state index < -0.39 is 23.0 Å². The number of rotatable bonds is 12. The largest absolute Gasteiger partial charge is 0.465 e. The number of carbonyl (C=O) groups is 4. The van der Waals surface area contributed by atoms with Crippen molar-refractivity contribution in [3.63, 3.8) is 0 Å². The number of nitrogens with one attached hydrogen (secondary N) is 3. The zero-order valence-electron chi connectivity index (χ0n) is 28.0. The zero-order valence-corrected chi connectivity index (χ0v) is 29.6. The summed E-state index contributed by atoms with van der Waals surface area (Å²) in [5, 5.41) is 8.45. The van der Waals surface area contributed by atoms with Crippen LogP contribution in [-0.4, -0.2) is 47.5 Å². The molecule has 51 heavy (non-hydrogen) atoms. The van der Waals surface area contributed by atoms with Crippen molar-refractivity contribution in [1.29, 1.82) is 0 Å². The minimum Gasteiger partial charge on any atom is -0.465 e. The maximum Gasteiger partial charge on any atom is 0.341 e. The van der Waals surface area contributed by atoms with Crippen molar-refractivity contribution in [1.82, 2.24) is 10.2 Å². The molecule has 260 valence electrons. The Hall–Kier alpha value is -5.43. The molecular formula is C39H36N4O6S2. The lowest BCUT2D eigenvalue weighted by Gasteiger charge is -2.27. The first-order chi connectivity index (χ1) is 24.8. The highest BCUT2D eigenvalue weighted by Crippen LogP contribution is 2.38. The van der Waals surface area contributed by atoms with E-state index in [1.165, 1.54) is 48.1 Å². The van der Waals surface area contributed by atoms with E-state index in [1.54, 1.807) is 67.6 Å². The van der Waals surface area contributed by atoms with E-state index in [4.69, 9.17) is 9.15 Å². The summed E-state index contributed by atoms with van der Waals surface area (Å²) >= 11 is 2.72. The van der Waals surface area contributed by atoms with Gasteiger partial charge in [-0.25, -0.2) is 4.79 Å². The topological polar surface area (TPSA) is 130 Å². The lowest BCUT2D eigenvalue weighted by Crippen LogP contribution is -2.30. The number of amides is 3. The smallest absolute Gasteiger partial charge is 0.341 e. The summed E-state index contributed by atoms with van der Waals surface area (Å²) in [6.45, 7) is 4.03. The van der Waals surface area contributed by atoms with E-state index in [-0.39, 0.29) is 11.6 Å². The number of thioether (sulfide) groups is 1. The normalized spacial score (nSPS) is 13.5. The van der Waals surface area contributed by atoms with Crippen molar-refractivity contribution in [3.8, 4) is 0 Å². The number of benzene rings is 3. The van der Waals surface area contributed by atoms with Gasteiger partial charge in [-0.2, -0.15) is 0 Å². The number of anilines is 2. The minimum absolute atomic E-state index is 0.00662. The Kier molecular flexibility index (Phi) is 11.5. The minimum atomic E-state index is -0.553. The van der Waals surface area contributed by atoms with Crippen LogP contribution in [0.3, 0.4) is 0 Å². The standard InChI is InChI=1S/C39H36N4O6S2/c1-25(35(44)42-38-34(39(47)48-2)31-18-19-43(24-33(31)51-38)23-26-11-5-3-6-12-26)50-30-17-9-15-28(21-30)40-37(46)32(22-29-16-10-20-49-29)41-36(45)27-13-7-4-8-14-27/h3-17,20-22,25H,18-19,23-24H2,1-2H3,(H,40,46)(H,41,45)(H,42,44)/b32-22-. The molecule has 0 bridgehead atoms. The zero-order chi connectivity index (χ0) is 35.7. The molecule has 0 spiro atoms. The monoisotopic (exact) mass is 720 g/mol. The highest BCUT2D eigenvalue weighted by atomic mass is 32.2. The summed E-state index contributed by atoms with van der Waals surface area (Å²) in [5.41, 5.74) is 3.42. The van der Waals surface area contributed by atoms with E-state index in [2.05, 4.69) is 33.0 Å². The molecule has 1 atom stereocenters. The Labute approximate surface area is 303 Å². The van der Waals surface area contributed by atoms with Gasteiger partial charge in [0.1, 0.15) is 16.5 Å². The molecule has 6 rings (SSSR count). The van der Waals surface area contributed by atoms with Gasteiger partial charge in [0, 0.05) is 46.7 Å². The SMILES string of the molecule is COC(=O)c1c(NC(=O)C(C)Sc2cccc(NC(=O)/C(=C/c3ccco3)NC(=O)c3ccccc3)c2)sc2c1CCN(Cc1ccccc1)C2. The van der Waals surface area contributed by atoms with Crippen molar-refractivity contribution in [2.45, 2.75) is 36.6 Å². The number of carbonyl (C=O) groups excluding carboxylic acids is 4. The summed E-state index contributed by atoms with van der Waals surface area (Å²) in [5.74, 6) is -1.35. The fourth-order valence-electron chi connectivity index (χ4n) is 5.61. The molecule has 3 heterocycles. The number of thiophene rings is 1. The third-order valence-electron chi connectivity index (χ3n) is 8.14. The lowest BCUT2D eigenvalue weighted by atomic mass is 10.0. The van der Waals surface area contributed by atoms with Crippen LogP contribution < -0.4 is 16.0 Å². The molecule has 1 unspecified atom stereocenters. The highest BCUT2D eigenvalue weighted by molar-refractivity contribution is 8.00. The van der Waals surface area contributed by atoms with Crippen molar-refractivity contribution < 1.29 is 28.3 Å². The van der Waals surface area contributed by atoms with Gasteiger partial charge in [-0.05, 0) is 66.9 Å². The van der Waals surface area contributed by atoms with E-state index >= 15 is 0 Å². The van der Waals surface area contributed by atoms with Crippen molar-refractivity contribution in [2.75, 3.05) is 24.3 Å². The molecule has 3 N–H and O–H groups in total. The third-order valence-corrected chi connectivity index (χ3v) is 10.4. The Morgan fingerprint density at radius 1 is 0.961 bits per heavy atom. The molecule has 5 aromatic rings. The Morgan fingerprint density at radius 3 is 2.45 bits per heavy atom. The highest BCUT2D eigenvalue weighted by Gasteiger charge is 2.30. The van der Waals surface area contributed by atoms with Gasteiger partial charge < -0.3 is 25.1 Å². The molecule has 0 radical (unpaired) electrons. The van der Waals surface area contributed by atoms with Gasteiger partial charge in [-0.1, -0.05) is 54.6 Å². The van der Waals surface area contributed by atoms with Gasteiger partial charge in [0.2, 0.25) is 5.91 Å². The van der Waals surface area contributed by atoms with Gasteiger partial charge in [-0.3, -0.25) is 19.3 Å². The maximum atomic E-state index is 13.5. The van der Waals surface area contributed by atoms with Crippen LogP contribution in [0.5, 0.6) is 0 Å². The maximum absolute atomic E-state index is 13.5. The van der Waals surface area contributed by atoms with Crippen LogP contribution in [0.1, 0.15) is 49.4 Å². The average Bonchev–Trinajstić information content (AvgIpc) is 3.79. The first-order valence-corrected chi connectivity index (χ1v) is 18.0. The Balaban J connectivity index is 1.12. The molecule has 0 aliphatic carbocycles. The van der Waals surface area contributed by atoms with Crippen molar-refractivity contribution >= 4 is 63.6 Å². The van der Waals surface area contributed by atoms with E-state index in [0.29, 0.717) is 40.5 Å². The number of furan rings is 1. The fraction of sp³-hybridized carbons (Fsp3) is 0.179. The van der Waals surface area contributed by atoms with Gasteiger partial charge >= 0.3 is 5.97 Å². The van der Waals surface area contributed by atoms with E-state index in [1.807, 2.05) is 24.3 Å². The van der Waals surface area contributed by atoms with Crippen LogP contribution in [0, 0.1) is 0 Å². The number of hydrogen-bond acceptors (Lipinski definition) is 9. The second kappa shape index (κ2) is 16.5. The third kappa shape index (κ3) is 9.03. The van der Waals surface area contributed by atoms with Crippen LogP contribution in [0.25, 0.3) is 6.08 Å². The first kappa shape index (κ1) is 35.4. The predicted molar refractivity (Wildman–Crippen MR) is 200 cm³/mol. The summed E-state index contributed by atoms with van der Waals surface area (Å²) in [7, 11) is 1.35. The number of fused-ring (bicyclic) bond motifs is 1. The number of hydrogen-bond donors (Lipinski definition) is 3. The number of ether oxygens (including phenoxy) is 1. The molecule has 1 aliphatic rings. The second-order valence-electron chi connectivity index (χ2n) is 11.8. The molecule has 3 amide bonds. The van der Waals surface area contributed by atoms with E-state index in [0.717, 1.165) is 28.4 Å². The molecule has 3 aromatic carbocycles. The lowest BCUT2D eigenvalue weighted by molar-refractivity contribution is -0.115. The van der Waals surface area contributed by atoms with Crippen LogP contribution in [-0.2, 0) is 33.8 Å². The fourth-order valence-corrected chi connectivity index (χ4v) is 7.82. The number of methoxy groups -OCH3 is 1. The summed E-state index contributed by atoms with van der Waals surface area (Å²) < 4.78 is 10.5. The first-order valence-electron chi connectivity index (χ1n) is 16.3. The molecule has 0 fully saturated rings. The Bertz CT molecular complexity index is 2040. The predicted octanol–water partition coefficient (Wildman–Crippen LogP) is 7.21. The van der Waals surface area contributed by atoms with Crippen LogP contribution >= 0.6 is 23.1 Å².